The fourth-order valence-electron chi connectivity index (χ4n) is 4.90. The summed E-state index contributed by atoms with van der Waals surface area (Å²) in [5, 5.41) is 0.601. The first-order valence-electron chi connectivity index (χ1n) is 10.6. The number of fused-ring (bicyclic) bond motifs is 1. The molecule has 3 aromatic rings. The Labute approximate surface area is 184 Å². The minimum absolute atomic E-state index is 0.103. The van der Waals surface area contributed by atoms with Crippen molar-refractivity contribution in [2.45, 2.75) is 24.5 Å². The van der Waals surface area contributed by atoms with Crippen molar-refractivity contribution in [1.29, 1.82) is 0 Å². The van der Waals surface area contributed by atoms with E-state index >= 15 is 0 Å². The zero-order valence-corrected chi connectivity index (χ0v) is 17.9. The quantitative estimate of drug-likeness (QED) is 0.665. The van der Waals surface area contributed by atoms with Crippen LogP contribution in [0.15, 0.2) is 47.3 Å². The van der Waals surface area contributed by atoms with Crippen molar-refractivity contribution in [3.8, 4) is 0 Å². The van der Waals surface area contributed by atoms with E-state index in [0.29, 0.717) is 37.0 Å². The predicted molar refractivity (Wildman–Crippen MR) is 117 cm³/mol. The monoisotopic (exact) mass is 445 g/mol. The van der Waals surface area contributed by atoms with Crippen LogP contribution in [-0.4, -0.2) is 53.9 Å². The third-order valence-corrected chi connectivity index (χ3v) is 6.62. The fourth-order valence-corrected chi connectivity index (χ4v) is 5.07. The minimum atomic E-state index is -0.815. The number of hydrogen-bond acceptors (Lipinski definition) is 4. The normalized spacial score (nSPS) is 23.4. The lowest BCUT2D eigenvalue weighted by atomic mass is 9.91. The van der Waals surface area contributed by atoms with Gasteiger partial charge in [-0.15, -0.1) is 0 Å². The largest absolute Gasteiger partial charge is 0.376 e. The first-order valence-corrected chi connectivity index (χ1v) is 11.0. The highest BCUT2D eigenvalue weighted by Crippen LogP contribution is 2.34. The van der Waals surface area contributed by atoms with E-state index < -0.39 is 5.60 Å². The van der Waals surface area contributed by atoms with Gasteiger partial charge in [0.1, 0.15) is 11.4 Å². The van der Waals surface area contributed by atoms with Crippen molar-refractivity contribution in [2.75, 3.05) is 39.5 Å². The highest BCUT2D eigenvalue weighted by atomic mass is 35.5. The Kier molecular flexibility index (Phi) is 5.60. The molecule has 0 spiro atoms. The Balaban J connectivity index is 1.34. The van der Waals surface area contributed by atoms with Crippen LogP contribution in [0.4, 0.5) is 4.39 Å². The number of aromatic amines is 1. The lowest BCUT2D eigenvalue weighted by molar-refractivity contribution is -0.175. The van der Waals surface area contributed by atoms with Crippen LogP contribution in [0.5, 0.6) is 0 Å². The number of halogens is 2. The number of aromatic nitrogens is 2. The molecule has 3 heterocycles. The summed E-state index contributed by atoms with van der Waals surface area (Å²) in [6.45, 7) is 3.42. The molecule has 5 rings (SSSR count). The maximum absolute atomic E-state index is 14.6. The summed E-state index contributed by atoms with van der Waals surface area (Å²) in [7, 11) is 0. The zero-order valence-electron chi connectivity index (χ0n) is 17.2. The second-order valence-corrected chi connectivity index (χ2v) is 8.78. The molecule has 0 saturated carbocycles. The summed E-state index contributed by atoms with van der Waals surface area (Å²) in [6, 6.07) is 12.4. The van der Waals surface area contributed by atoms with Crippen LogP contribution in [0.1, 0.15) is 24.4 Å². The molecule has 0 aliphatic carbocycles. The van der Waals surface area contributed by atoms with Crippen LogP contribution in [-0.2, 0) is 15.1 Å². The number of piperidine rings is 1. The summed E-state index contributed by atoms with van der Waals surface area (Å²) >= 11 is 6.07. The number of benzene rings is 2. The summed E-state index contributed by atoms with van der Waals surface area (Å²) in [5.41, 5.74) is 1.25. The van der Waals surface area contributed by atoms with Crippen LogP contribution in [0, 0.1) is 5.82 Å². The van der Waals surface area contributed by atoms with Crippen molar-refractivity contribution in [3.05, 3.63) is 69.4 Å². The lowest BCUT2D eigenvalue weighted by Crippen LogP contribution is -2.51. The molecule has 2 fully saturated rings. The number of likely N-dealkylation sites (tertiary alicyclic amines) is 1. The number of rotatable bonds is 4. The molecule has 1 unspecified atom stereocenters. The smallest absolute Gasteiger partial charge is 0.326 e. The molecule has 2 saturated heterocycles. The third-order valence-electron chi connectivity index (χ3n) is 6.39. The second kappa shape index (κ2) is 8.39. The second-order valence-electron chi connectivity index (χ2n) is 8.34. The molecule has 1 aromatic heterocycles. The molecule has 0 amide bonds. The highest BCUT2D eigenvalue weighted by Gasteiger charge is 2.41. The summed E-state index contributed by atoms with van der Waals surface area (Å²) in [5.74, 6) is -0.271. The standard InChI is InChI=1S/C23H25ClFN3O3/c24-16-5-6-21-20(13-16)26-22(29)28(21)17-7-9-27(10-8-17)14-23(15-30-11-12-31-23)18-3-1-2-4-19(18)25/h1-6,13,17H,7-12,14-15H2,(H,26,29). The molecule has 2 aliphatic rings. The van der Waals surface area contributed by atoms with Gasteiger partial charge in [0.2, 0.25) is 0 Å². The van der Waals surface area contributed by atoms with Gasteiger partial charge in [-0.3, -0.25) is 9.47 Å². The van der Waals surface area contributed by atoms with Crippen LogP contribution >= 0.6 is 11.6 Å². The van der Waals surface area contributed by atoms with E-state index in [2.05, 4.69) is 9.88 Å². The van der Waals surface area contributed by atoms with Gasteiger partial charge in [-0.25, -0.2) is 9.18 Å². The van der Waals surface area contributed by atoms with E-state index in [1.165, 1.54) is 6.07 Å². The number of imidazole rings is 1. The van der Waals surface area contributed by atoms with Gasteiger partial charge in [0.05, 0.1) is 30.9 Å². The van der Waals surface area contributed by atoms with Crippen LogP contribution < -0.4 is 5.69 Å². The van der Waals surface area contributed by atoms with Gasteiger partial charge in [-0.2, -0.15) is 0 Å². The Morgan fingerprint density at radius 3 is 2.71 bits per heavy atom. The van der Waals surface area contributed by atoms with Crippen molar-refractivity contribution >= 4 is 22.6 Å². The molecule has 31 heavy (non-hydrogen) atoms. The summed E-state index contributed by atoms with van der Waals surface area (Å²) in [6.07, 6.45) is 1.65. The van der Waals surface area contributed by atoms with Gasteiger partial charge in [0.15, 0.2) is 0 Å². The van der Waals surface area contributed by atoms with E-state index in [9.17, 15) is 9.18 Å². The Hall–Kier alpha value is -2.19. The van der Waals surface area contributed by atoms with E-state index in [0.717, 1.165) is 37.0 Å². The van der Waals surface area contributed by atoms with Crippen molar-refractivity contribution < 1.29 is 13.9 Å². The summed E-state index contributed by atoms with van der Waals surface area (Å²) < 4.78 is 28.3. The fraction of sp³-hybridized carbons (Fsp3) is 0.435. The van der Waals surface area contributed by atoms with Gasteiger partial charge >= 0.3 is 5.69 Å². The molecule has 6 nitrogen and oxygen atoms in total. The Morgan fingerprint density at radius 2 is 1.97 bits per heavy atom. The number of ether oxygens (including phenoxy) is 2. The van der Waals surface area contributed by atoms with Crippen molar-refractivity contribution in [1.82, 2.24) is 14.5 Å². The Morgan fingerprint density at radius 1 is 1.16 bits per heavy atom. The Bertz CT molecular complexity index is 1130. The molecule has 0 bridgehead atoms. The predicted octanol–water partition coefficient (Wildman–Crippen LogP) is 3.70. The molecule has 2 aliphatic heterocycles. The number of nitrogens with zero attached hydrogens (tertiary/aromatic N) is 2. The highest BCUT2D eigenvalue weighted by molar-refractivity contribution is 6.31. The minimum Gasteiger partial charge on any atom is -0.376 e. The third kappa shape index (κ3) is 3.91. The number of hydrogen-bond donors (Lipinski definition) is 1. The van der Waals surface area contributed by atoms with E-state index in [-0.39, 0.29) is 17.5 Å². The molecule has 8 heteroatoms. The number of nitrogens with one attached hydrogen (secondary N) is 1. The summed E-state index contributed by atoms with van der Waals surface area (Å²) in [4.78, 5) is 17.8. The maximum Gasteiger partial charge on any atom is 0.326 e. The average Bonchev–Trinajstić information content (AvgIpc) is 3.10. The lowest BCUT2D eigenvalue weighted by Gasteiger charge is -2.43. The molecule has 1 N–H and O–H groups in total. The SMILES string of the molecule is O=c1[nH]c2cc(Cl)ccc2n1C1CCN(CC2(c3ccccc3F)COCCO2)CC1. The molecule has 0 radical (unpaired) electrons. The molecule has 2 aromatic carbocycles. The van der Waals surface area contributed by atoms with Crippen molar-refractivity contribution in [2.24, 2.45) is 0 Å². The molecular formula is C23H25ClFN3O3. The zero-order chi connectivity index (χ0) is 21.4. The molecule has 1 atom stereocenters. The van der Waals surface area contributed by atoms with E-state index in [4.69, 9.17) is 21.1 Å². The molecular weight excluding hydrogens is 421 g/mol. The van der Waals surface area contributed by atoms with Gasteiger partial charge in [0, 0.05) is 36.3 Å². The van der Waals surface area contributed by atoms with E-state index in [1.54, 1.807) is 24.3 Å². The molecule has 164 valence electrons. The van der Waals surface area contributed by atoms with Gasteiger partial charge in [0.25, 0.3) is 0 Å². The maximum atomic E-state index is 14.6. The van der Waals surface area contributed by atoms with Crippen LogP contribution in [0.2, 0.25) is 5.02 Å². The van der Waals surface area contributed by atoms with E-state index in [1.807, 2.05) is 16.7 Å². The van der Waals surface area contributed by atoms with Crippen molar-refractivity contribution in [3.63, 3.8) is 0 Å². The topological polar surface area (TPSA) is 59.5 Å². The van der Waals surface area contributed by atoms with Crippen LogP contribution in [0.3, 0.4) is 0 Å². The number of H-pyrrole nitrogens is 1. The first-order chi connectivity index (χ1) is 15.1. The van der Waals surface area contributed by atoms with Gasteiger partial charge in [-0.05, 0) is 37.1 Å². The van der Waals surface area contributed by atoms with Gasteiger partial charge in [-0.1, -0.05) is 29.8 Å². The first kappa shape index (κ1) is 20.7. The van der Waals surface area contributed by atoms with Gasteiger partial charge < -0.3 is 14.5 Å². The average molecular weight is 446 g/mol. The van der Waals surface area contributed by atoms with Crippen LogP contribution in [0.25, 0.3) is 11.0 Å².